The van der Waals surface area contributed by atoms with Crippen molar-refractivity contribution >= 4 is 34.2 Å². The van der Waals surface area contributed by atoms with Crippen molar-refractivity contribution in [3.8, 4) is 0 Å². The van der Waals surface area contributed by atoms with E-state index < -0.39 is 11.1 Å². The highest BCUT2D eigenvalue weighted by Gasteiger charge is 2.37. The molecule has 2 aliphatic rings. The summed E-state index contributed by atoms with van der Waals surface area (Å²) >= 11 is 1.39. The van der Waals surface area contributed by atoms with E-state index >= 15 is 0 Å². The third kappa shape index (κ3) is 3.98. The van der Waals surface area contributed by atoms with Crippen LogP contribution in [0.5, 0.6) is 0 Å². The van der Waals surface area contributed by atoms with E-state index in [-0.39, 0.29) is 11.6 Å². The van der Waals surface area contributed by atoms with E-state index in [1.54, 1.807) is 30.3 Å². The number of para-hydroxylation sites is 2. The Labute approximate surface area is 193 Å². The highest BCUT2D eigenvalue weighted by molar-refractivity contribution is 8.13. The topological polar surface area (TPSA) is 100 Å². The van der Waals surface area contributed by atoms with Gasteiger partial charge in [-0.1, -0.05) is 71.9 Å². The summed E-state index contributed by atoms with van der Waals surface area (Å²) in [7, 11) is 0. The molecule has 0 aliphatic carbocycles. The number of nitrogens with zero attached hydrogens (tertiary/aromatic N) is 4. The number of amidine groups is 1. The molecule has 0 spiro atoms. The number of aryl methyl sites for hydroxylation is 1. The van der Waals surface area contributed by atoms with Gasteiger partial charge in [0.05, 0.1) is 15.8 Å². The van der Waals surface area contributed by atoms with Crippen LogP contribution in [0.4, 0.5) is 5.69 Å². The highest BCUT2D eigenvalue weighted by Crippen LogP contribution is 2.35. The van der Waals surface area contributed by atoms with E-state index in [0.29, 0.717) is 32.8 Å². The monoisotopic (exact) mass is 457 g/mol. The highest BCUT2D eigenvalue weighted by atomic mass is 32.2. The fraction of sp³-hybridized carbons (Fsp3) is 0.125. The molecule has 3 aromatic rings. The number of nitro groups is 1. The second-order valence-corrected chi connectivity index (χ2v) is 8.63. The molecule has 3 aromatic carbocycles. The first-order valence-corrected chi connectivity index (χ1v) is 11.3. The van der Waals surface area contributed by atoms with E-state index in [0.717, 1.165) is 5.56 Å². The lowest BCUT2D eigenvalue weighted by Crippen LogP contribution is -2.50. The minimum absolute atomic E-state index is 0.0694. The molecule has 164 valence electrons. The zero-order chi connectivity index (χ0) is 22.9. The van der Waals surface area contributed by atoms with Gasteiger partial charge in [-0.15, -0.1) is 5.10 Å². The molecule has 1 amide bonds. The molecule has 0 unspecified atom stereocenters. The number of hydrogen-bond donors (Lipinski definition) is 1. The summed E-state index contributed by atoms with van der Waals surface area (Å²) in [5, 5.41) is 22.4. The van der Waals surface area contributed by atoms with Crippen molar-refractivity contribution in [3.63, 3.8) is 0 Å². The van der Waals surface area contributed by atoms with Gasteiger partial charge in [-0.25, -0.2) is 5.01 Å². The van der Waals surface area contributed by atoms with Crippen LogP contribution in [0.3, 0.4) is 0 Å². The number of fused-ring (bicyclic) bond motifs is 2. The number of carbonyl (C=O) groups is 1. The van der Waals surface area contributed by atoms with E-state index in [4.69, 9.17) is 4.99 Å². The molecule has 0 saturated carbocycles. The molecule has 0 bridgehead atoms. The van der Waals surface area contributed by atoms with Crippen LogP contribution in [-0.2, 0) is 10.5 Å². The van der Waals surface area contributed by atoms with Crippen molar-refractivity contribution in [2.24, 2.45) is 10.1 Å². The van der Waals surface area contributed by atoms with Crippen LogP contribution in [0, 0.1) is 17.0 Å². The van der Waals surface area contributed by atoms with Crippen LogP contribution >= 0.6 is 11.8 Å². The van der Waals surface area contributed by atoms with E-state index in [9.17, 15) is 14.9 Å². The SMILES string of the molecule is Cc1ccc(CSC2=NN3C(=c4ccccc4=N[C@@H]3c3ccccc3[N+](=O)[O-])C(=O)N2)cc1. The number of benzene rings is 3. The average molecular weight is 458 g/mol. The molecule has 9 heteroatoms. The number of hydrazone groups is 1. The predicted octanol–water partition coefficient (Wildman–Crippen LogP) is 2.98. The van der Waals surface area contributed by atoms with Gasteiger partial charge in [0.2, 0.25) is 0 Å². The molecule has 1 atom stereocenters. The number of nitro benzene ring substituents is 1. The van der Waals surface area contributed by atoms with E-state index in [1.165, 1.54) is 28.4 Å². The first-order valence-electron chi connectivity index (χ1n) is 10.3. The van der Waals surface area contributed by atoms with Crippen molar-refractivity contribution in [2.75, 3.05) is 0 Å². The molecule has 5 rings (SSSR count). The van der Waals surface area contributed by atoms with Crippen LogP contribution in [-0.4, -0.2) is 21.0 Å². The Morgan fingerprint density at radius 1 is 1.06 bits per heavy atom. The second-order valence-electron chi connectivity index (χ2n) is 7.66. The molecule has 2 heterocycles. The number of carbonyl (C=O) groups excluding carboxylic acids is 1. The average Bonchev–Trinajstić information content (AvgIpc) is 2.83. The normalized spacial score (nSPS) is 16.8. The molecule has 33 heavy (non-hydrogen) atoms. The lowest BCUT2D eigenvalue weighted by Gasteiger charge is -2.33. The quantitative estimate of drug-likeness (QED) is 0.480. The van der Waals surface area contributed by atoms with Gasteiger partial charge >= 0.3 is 0 Å². The zero-order valence-corrected chi connectivity index (χ0v) is 18.5. The van der Waals surface area contributed by atoms with Crippen LogP contribution in [0.2, 0.25) is 0 Å². The number of rotatable bonds is 4. The minimum Gasteiger partial charge on any atom is -0.298 e. The summed E-state index contributed by atoms with van der Waals surface area (Å²) in [5.41, 5.74) is 2.90. The Morgan fingerprint density at radius 2 is 1.79 bits per heavy atom. The van der Waals surface area contributed by atoms with Crippen molar-refractivity contribution in [3.05, 3.63) is 110 Å². The third-order valence-electron chi connectivity index (χ3n) is 5.42. The van der Waals surface area contributed by atoms with Gasteiger partial charge in [-0.3, -0.25) is 25.2 Å². The Hall–Kier alpha value is -3.98. The largest absolute Gasteiger partial charge is 0.298 e. The van der Waals surface area contributed by atoms with Gasteiger partial charge < -0.3 is 0 Å². The van der Waals surface area contributed by atoms with E-state index in [1.807, 2.05) is 43.3 Å². The van der Waals surface area contributed by atoms with Gasteiger partial charge in [0.25, 0.3) is 11.6 Å². The van der Waals surface area contributed by atoms with Gasteiger partial charge in [0, 0.05) is 17.0 Å². The van der Waals surface area contributed by atoms with Crippen molar-refractivity contribution in [1.29, 1.82) is 0 Å². The second kappa shape index (κ2) is 8.51. The maximum absolute atomic E-state index is 13.2. The van der Waals surface area contributed by atoms with Gasteiger partial charge in [-0.05, 0) is 24.6 Å². The molecule has 0 fully saturated rings. The van der Waals surface area contributed by atoms with Crippen molar-refractivity contribution in [2.45, 2.75) is 18.8 Å². The smallest absolute Gasteiger partial charge is 0.276 e. The molecule has 1 N–H and O–H groups in total. The van der Waals surface area contributed by atoms with Crippen molar-refractivity contribution < 1.29 is 9.72 Å². The summed E-state index contributed by atoms with van der Waals surface area (Å²) in [6, 6.07) is 21.8. The van der Waals surface area contributed by atoms with Crippen LogP contribution < -0.4 is 15.9 Å². The molecular weight excluding hydrogens is 438 g/mol. The van der Waals surface area contributed by atoms with E-state index in [2.05, 4.69) is 10.4 Å². The summed E-state index contributed by atoms with van der Waals surface area (Å²) in [5.74, 6) is 0.300. The van der Waals surface area contributed by atoms with Crippen LogP contribution in [0.15, 0.2) is 82.9 Å². The molecule has 8 nitrogen and oxygen atoms in total. The zero-order valence-electron chi connectivity index (χ0n) is 17.6. The summed E-state index contributed by atoms with van der Waals surface area (Å²) in [4.78, 5) is 29.2. The molecule has 0 aromatic heterocycles. The fourth-order valence-electron chi connectivity index (χ4n) is 3.80. The lowest BCUT2D eigenvalue weighted by atomic mass is 10.1. The first-order chi connectivity index (χ1) is 16.0. The molecule has 2 aliphatic heterocycles. The Kier molecular flexibility index (Phi) is 5.39. The summed E-state index contributed by atoms with van der Waals surface area (Å²) in [6.45, 7) is 2.03. The molecular formula is C24H19N5O3S. The molecule has 0 radical (unpaired) electrons. The molecule has 0 saturated heterocycles. The number of nitrogens with one attached hydrogen (secondary N) is 1. The Balaban J connectivity index is 1.59. The number of thioether (sulfide) groups is 1. The van der Waals surface area contributed by atoms with Crippen LogP contribution in [0.1, 0.15) is 22.9 Å². The number of hydrogen-bond acceptors (Lipinski definition) is 7. The third-order valence-corrected chi connectivity index (χ3v) is 6.36. The van der Waals surface area contributed by atoms with Gasteiger partial charge in [0.15, 0.2) is 11.3 Å². The standard InChI is InChI=1S/C24H19N5O3S/c1-15-10-12-16(13-11-15)14-33-24-26-23(30)21-17-6-2-4-8-19(17)25-22(28(21)27-24)18-7-3-5-9-20(18)29(31)32/h2-13,22H,14H2,1H3,(H,26,27,30)/t22-/m0/s1. The maximum Gasteiger partial charge on any atom is 0.276 e. The number of amides is 1. The summed E-state index contributed by atoms with van der Waals surface area (Å²) in [6.07, 6.45) is -0.836. The van der Waals surface area contributed by atoms with Crippen molar-refractivity contribution in [1.82, 2.24) is 10.3 Å². The van der Waals surface area contributed by atoms with Gasteiger partial charge in [-0.2, -0.15) is 0 Å². The lowest BCUT2D eigenvalue weighted by molar-refractivity contribution is -0.385. The summed E-state index contributed by atoms with van der Waals surface area (Å²) < 4.78 is 0. The predicted molar refractivity (Wildman–Crippen MR) is 126 cm³/mol. The minimum atomic E-state index is -0.836. The Bertz CT molecular complexity index is 1420. The van der Waals surface area contributed by atoms with Gasteiger partial charge in [0.1, 0.15) is 5.70 Å². The van der Waals surface area contributed by atoms with Crippen LogP contribution in [0.25, 0.3) is 5.70 Å². The first kappa shape index (κ1) is 20.9. The Morgan fingerprint density at radius 3 is 2.58 bits per heavy atom. The fourth-order valence-corrected chi connectivity index (χ4v) is 4.61. The maximum atomic E-state index is 13.2.